The van der Waals surface area contributed by atoms with Crippen LogP contribution < -0.4 is 10.6 Å². The normalized spacial score (nSPS) is 11.4. The molecule has 0 saturated carbocycles. The average Bonchev–Trinajstić information content (AvgIpc) is 3.11. The molecule has 0 saturated heterocycles. The average molecular weight is 360 g/mol. The lowest BCUT2D eigenvalue weighted by atomic mass is 10.1. The van der Waals surface area contributed by atoms with E-state index < -0.39 is 0 Å². The lowest BCUT2D eigenvalue weighted by Crippen LogP contribution is -2.08. The number of H-pyrrole nitrogens is 1. The van der Waals surface area contributed by atoms with Crippen molar-refractivity contribution in [3.63, 3.8) is 0 Å². The molecule has 0 radical (unpaired) electrons. The Bertz CT molecular complexity index is 983. The van der Waals surface area contributed by atoms with Crippen molar-refractivity contribution in [1.29, 1.82) is 5.41 Å². The summed E-state index contributed by atoms with van der Waals surface area (Å²) in [5.41, 5.74) is 5.62. The topological polar surface area (TPSA) is 80.8 Å². The number of benzene rings is 2. The van der Waals surface area contributed by atoms with E-state index in [1.54, 1.807) is 6.20 Å². The van der Waals surface area contributed by atoms with E-state index in [0.29, 0.717) is 6.42 Å². The first-order valence-corrected chi connectivity index (χ1v) is 9.12. The van der Waals surface area contributed by atoms with Crippen LogP contribution >= 0.6 is 0 Å². The molecule has 2 aromatic carbocycles. The molecule has 0 aliphatic heterocycles. The van der Waals surface area contributed by atoms with Crippen molar-refractivity contribution in [1.82, 2.24) is 4.98 Å². The molecule has 0 fully saturated rings. The number of aryl methyl sites for hydroxylation is 1. The zero-order chi connectivity index (χ0) is 19.2. The number of carbonyl (C=O) groups is 1. The highest BCUT2D eigenvalue weighted by Crippen LogP contribution is 2.27. The van der Waals surface area contributed by atoms with Gasteiger partial charge in [0, 0.05) is 47.2 Å². The van der Waals surface area contributed by atoms with E-state index in [2.05, 4.69) is 34.7 Å². The van der Waals surface area contributed by atoms with Crippen LogP contribution in [-0.4, -0.2) is 17.1 Å². The Balaban J connectivity index is 1.87. The summed E-state index contributed by atoms with van der Waals surface area (Å²) < 4.78 is 0. The van der Waals surface area contributed by atoms with E-state index in [1.807, 2.05) is 43.5 Å². The first-order valence-electron chi connectivity index (χ1n) is 9.12. The number of nitrogens with one attached hydrogen (secondary N) is 4. The van der Waals surface area contributed by atoms with Crippen LogP contribution in [0.25, 0.3) is 16.5 Å². The van der Waals surface area contributed by atoms with Gasteiger partial charge in [0.05, 0.1) is 5.69 Å². The lowest BCUT2D eigenvalue weighted by Gasteiger charge is -2.07. The minimum absolute atomic E-state index is 0.0266. The molecule has 1 aromatic heterocycles. The molecule has 4 N–H and O–H groups in total. The molecule has 0 spiro atoms. The summed E-state index contributed by atoms with van der Waals surface area (Å²) >= 11 is 0. The van der Waals surface area contributed by atoms with Crippen molar-refractivity contribution in [3.05, 3.63) is 66.0 Å². The Morgan fingerprint density at radius 1 is 1.15 bits per heavy atom. The first-order chi connectivity index (χ1) is 13.1. The summed E-state index contributed by atoms with van der Waals surface area (Å²) in [6, 6.07) is 14.2. The van der Waals surface area contributed by atoms with Gasteiger partial charge in [-0.05, 0) is 41.8 Å². The van der Waals surface area contributed by atoms with Crippen LogP contribution in [0.3, 0.4) is 0 Å². The Morgan fingerprint density at radius 3 is 2.59 bits per heavy atom. The molecule has 0 bridgehead atoms. The van der Waals surface area contributed by atoms with Gasteiger partial charge in [-0.2, -0.15) is 0 Å². The van der Waals surface area contributed by atoms with Gasteiger partial charge in [-0.3, -0.25) is 4.79 Å². The van der Waals surface area contributed by atoms with Crippen molar-refractivity contribution in [2.24, 2.45) is 0 Å². The number of allylic oxidation sites excluding steroid dienone is 1. The predicted octanol–water partition coefficient (Wildman–Crippen LogP) is 5.18. The van der Waals surface area contributed by atoms with Crippen molar-refractivity contribution < 1.29 is 4.79 Å². The molecular weight excluding hydrogens is 336 g/mol. The minimum atomic E-state index is -0.0266. The maximum Gasteiger partial charge on any atom is 0.224 e. The molecule has 3 aromatic rings. The molecular formula is C22H24N4O. The second-order valence-corrected chi connectivity index (χ2v) is 6.30. The van der Waals surface area contributed by atoms with Crippen LogP contribution in [0.5, 0.6) is 0 Å². The van der Waals surface area contributed by atoms with Crippen molar-refractivity contribution >= 4 is 40.0 Å². The second-order valence-electron chi connectivity index (χ2n) is 6.30. The van der Waals surface area contributed by atoms with Crippen LogP contribution in [0.2, 0.25) is 0 Å². The highest BCUT2D eigenvalue weighted by atomic mass is 16.1. The third-order valence-corrected chi connectivity index (χ3v) is 4.52. The third-order valence-electron chi connectivity index (χ3n) is 4.52. The lowest BCUT2D eigenvalue weighted by molar-refractivity contribution is -0.115. The van der Waals surface area contributed by atoms with E-state index in [4.69, 9.17) is 5.41 Å². The predicted molar refractivity (Wildman–Crippen MR) is 113 cm³/mol. The van der Waals surface area contributed by atoms with Gasteiger partial charge in [0.15, 0.2) is 0 Å². The molecule has 1 amide bonds. The molecule has 0 aliphatic carbocycles. The molecule has 3 rings (SSSR count). The highest BCUT2D eigenvalue weighted by Gasteiger charge is 2.08. The third kappa shape index (κ3) is 4.26. The van der Waals surface area contributed by atoms with Crippen molar-refractivity contribution in [2.75, 3.05) is 10.6 Å². The molecule has 5 heteroatoms. The Labute approximate surface area is 159 Å². The summed E-state index contributed by atoms with van der Waals surface area (Å²) in [5.74, 6) is -0.0266. The largest absolute Gasteiger partial charge is 0.361 e. The van der Waals surface area contributed by atoms with Crippen LogP contribution in [0.15, 0.2) is 54.9 Å². The van der Waals surface area contributed by atoms with E-state index >= 15 is 0 Å². The van der Waals surface area contributed by atoms with Crippen LogP contribution in [0.4, 0.5) is 11.4 Å². The molecule has 1 heterocycles. The maximum absolute atomic E-state index is 11.7. The number of anilines is 2. The van der Waals surface area contributed by atoms with Gasteiger partial charge in [-0.15, -0.1) is 0 Å². The summed E-state index contributed by atoms with van der Waals surface area (Å²) in [7, 11) is 0. The Kier molecular flexibility index (Phi) is 5.71. The van der Waals surface area contributed by atoms with Gasteiger partial charge in [0.2, 0.25) is 5.91 Å². The number of fused-ring (bicyclic) bond motifs is 1. The summed E-state index contributed by atoms with van der Waals surface area (Å²) in [4.78, 5) is 14.9. The van der Waals surface area contributed by atoms with Crippen molar-refractivity contribution in [3.8, 4) is 0 Å². The molecule has 0 atom stereocenters. The number of aromatic nitrogens is 1. The second kappa shape index (κ2) is 8.36. The van der Waals surface area contributed by atoms with Crippen molar-refractivity contribution in [2.45, 2.75) is 26.7 Å². The zero-order valence-electron chi connectivity index (χ0n) is 15.6. The number of amides is 1. The van der Waals surface area contributed by atoms with E-state index in [-0.39, 0.29) is 5.91 Å². The van der Waals surface area contributed by atoms with Gasteiger partial charge in [0.1, 0.15) is 0 Å². The Hall–Kier alpha value is -3.34. The fourth-order valence-corrected chi connectivity index (χ4v) is 2.85. The van der Waals surface area contributed by atoms with Crippen LogP contribution in [0, 0.1) is 5.41 Å². The number of hydrogen-bond donors (Lipinski definition) is 4. The van der Waals surface area contributed by atoms with Gasteiger partial charge in [-0.25, -0.2) is 0 Å². The quantitative estimate of drug-likeness (QED) is 0.438. The smallest absolute Gasteiger partial charge is 0.224 e. The van der Waals surface area contributed by atoms with Crippen LogP contribution in [0.1, 0.15) is 31.4 Å². The fourth-order valence-electron chi connectivity index (χ4n) is 2.85. The monoisotopic (exact) mass is 360 g/mol. The Morgan fingerprint density at radius 2 is 1.93 bits per heavy atom. The molecule has 27 heavy (non-hydrogen) atoms. The number of rotatable bonds is 7. The standard InChI is InChI=1S/C22H24N4O/c1-3-15-5-8-18(9-6-15)24-13-17(12-23)16-7-10-20-19(11-16)21(14-25-20)26-22(27)4-2/h5-14,23-25H,3-4H2,1-2H3,(H,26,27)/b17-13+,23-12?. The summed E-state index contributed by atoms with van der Waals surface area (Å²) in [5, 5.41) is 14.9. The molecule has 5 nitrogen and oxygen atoms in total. The SMILES string of the molecule is CCC(=O)Nc1c[nH]c2ccc(/C(C=N)=C/Nc3ccc(CC)cc3)cc12. The maximum atomic E-state index is 11.7. The molecule has 138 valence electrons. The molecule has 0 unspecified atom stereocenters. The number of carbonyl (C=O) groups excluding carboxylic acids is 1. The van der Waals surface area contributed by atoms with Crippen LogP contribution in [-0.2, 0) is 11.2 Å². The summed E-state index contributed by atoms with van der Waals surface area (Å²) in [6.07, 6.45) is 6.38. The zero-order valence-corrected chi connectivity index (χ0v) is 15.6. The van der Waals surface area contributed by atoms with Gasteiger partial charge in [0.25, 0.3) is 0 Å². The van der Waals surface area contributed by atoms with E-state index in [0.717, 1.165) is 39.8 Å². The summed E-state index contributed by atoms with van der Waals surface area (Å²) in [6.45, 7) is 3.95. The van der Waals surface area contributed by atoms with Gasteiger partial charge in [-0.1, -0.05) is 32.0 Å². The number of hydrogen-bond acceptors (Lipinski definition) is 3. The fraction of sp³-hybridized carbons (Fsp3) is 0.182. The van der Waals surface area contributed by atoms with Gasteiger partial charge < -0.3 is 21.0 Å². The van der Waals surface area contributed by atoms with Gasteiger partial charge >= 0.3 is 0 Å². The highest BCUT2D eigenvalue weighted by molar-refractivity contribution is 6.11. The van der Waals surface area contributed by atoms with E-state index in [1.165, 1.54) is 11.8 Å². The minimum Gasteiger partial charge on any atom is -0.361 e. The first kappa shape index (κ1) is 18.5. The number of aromatic amines is 1. The molecule has 0 aliphatic rings. The van der Waals surface area contributed by atoms with E-state index in [9.17, 15) is 4.79 Å².